The molecule has 5 heteroatoms. The van der Waals surface area contributed by atoms with Crippen molar-refractivity contribution >= 4 is 11.9 Å². The lowest BCUT2D eigenvalue weighted by Gasteiger charge is -2.24. The second kappa shape index (κ2) is 5.67. The van der Waals surface area contributed by atoms with Gasteiger partial charge in [0.1, 0.15) is 5.76 Å². The number of carboxylic acid groups (broad SMARTS) is 1. The number of rotatable bonds is 3. The summed E-state index contributed by atoms with van der Waals surface area (Å²) in [4.78, 5) is 23.7. The second-order valence-electron chi connectivity index (χ2n) is 5.52. The van der Waals surface area contributed by atoms with Crippen LogP contribution in [0, 0.1) is 6.92 Å². The minimum absolute atomic E-state index is 0.0138. The van der Waals surface area contributed by atoms with Gasteiger partial charge in [-0.25, -0.2) is 4.79 Å². The average molecular weight is 299 g/mol. The molecule has 0 fully saturated rings. The summed E-state index contributed by atoms with van der Waals surface area (Å²) in [6.45, 7) is 1.96. The summed E-state index contributed by atoms with van der Waals surface area (Å²) >= 11 is 0. The first-order valence-electron chi connectivity index (χ1n) is 7.28. The molecule has 2 N–H and O–H groups in total. The molecule has 1 heterocycles. The fraction of sp³-hybridized carbons (Fsp3) is 0.294. The lowest BCUT2D eigenvalue weighted by atomic mass is 9.90. The summed E-state index contributed by atoms with van der Waals surface area (Å²) in [7, 11) is 0. The quantitative estimate of drug-likeness (QED) is 0.912. The number of fused-ring (bicyclic) bond motifs is 1. The third-order valence-electron chi connectivity index (χ3n) is 4.06. The molecule has 3 rings (SSSR count). The van der Waals surface area contributed by atoms with Crippen LogP contribution in [0.2, 0.25) is 0 Å². The van der Waals surface area contributed by atoms with Crippen molar-refractivity contribution in [3.05, 3.63) is 58.5 Å². The van der Waals surface area contributed by atoms with Gasteiger partial charge < -0.3 is 14.8 Å². The minimum Gasteiger partial charge on any atom is -0.478 e. The van der Waals surface area contributed by atoms with Gasteiger partial charge >= 0.3 is 5.97 Å². The highest BCUT2D eigenvalue weighted by molar-refractivity contribution is 6.04. The van der Waals surface area contributed by atoms with E-state index < -0.39 is 5.97 Å². The van der Waals surface area contributed by atoms with Gasteiger partial charge in [0.15, 0.2) is 0 Å². The summed E-state index contributed by atoms with van der Waals surface area (Å²) in [5.74, 6) is -0.549. The Labute approximate surface area is 127 Å². The zero-order valence-electron chi connectivity index (χ0n) is 12.3. The predicted octanol–water partition coefficient (Wildman–Crippen LogP) is 3.09. The number of aryl methyl sites for hydroxylation is 2. The van der Waals surface area contributed by atoms with Crippen LogP contribution in [0.25, 0.3) is 0 Å². The van der Waals surface area contributed by atoms with Gasteiger partial charge in [0, 0.05) is 12.0 Å². The maximum absolute atomic E-state index is 12.5. The second-order valence-corrected chi connectivity index (χ2v) is 5.52. The van der Waals surface area contributed by atoms with Crippen molar-refractivity contribution in [2.45, 2.75) is 32.2 Å². The monoisotopic (exact) mass is 299 g/mol. The Morgan fingerprint density at radius 3 is 2.73 bits per heavy atom. The van der Waals surface area contributed by atoms with Gasteiger partial charge in [-0.2, -0.15) is 0 Å². The zero-order chi connectivity index (χ0) is 15.7. The normalized spacial score (nSPS) is 16.9. The van der Waals surface area contributed by atoms with E-state index in [-0.39, 0.29) is 23.1 Å². The molecular formula is C17H17NO4. The molecule has 1 aromatic carbocycles. The van der Waals surface area contributed by atoms with Gasteiger partial charge in [-0.1, -0.05) is 12.1 Å². The van der Waals surface area contributed by atoms with Crippen molar-refractivity contribution < 1.29 is 19.1 Å². The molecule has 1 aromatic heterocycles. The molecule has 22 heavy (non-hydrogen) atoms. The topological polar surface area (TPSA) is 79.5 Å². The number of carbonyl (C=O) groups is 2. The standard InChI is InChI=1S/C17H17NO4/c1-10-9-22-14-8-4-7-13(15(10)14)18-16(19)11-5-2-3-6-12(11)17(20)21/h2-3,5-6,9,13H,4,7-8H2,1H3,(H,18,19)(H,20,21). The Morgan fingerprint density at radius 2 is 2.00 bits per heavy atom. The molecule has 0 aliphatic heterocycles. The molecule has 0 radical (unpaired) electrons. The molecule has 1 aliphatic rings. The van der Waals surface area contributed by atoms with E-state index in [2.05, 4.69) is 5.32 Å². The van der Waals surface area contributed by atoms with Crippen molar-refractivity contribution in [3.63, 3.8) is 0 Å². The van der Waals surface area contributed by atoms with E-state index in [1.165, 1.54) is 12.1 Å². The number of nitrogens with one attached hydrogen (secondary N) is 1. The van der Waals surface area contributed by atoms with Crippen LogP contribution in [0.4, 0.5) is 0 Å². The number of hydrogen-bond donors (Lipinski definition) is 2. The van der Waals surface area contributed by atoms with Crippen molar-refractivity contribution in [1.29, 1.82) is 0 Å². The fourth-order valence-corrected chi connectivity index (χ4v) is 3.03. The number of aromatic carboxylic acids is 1. The number of carbonyl (C=O) groups excluding carboxylic acids is 1. The molecule has 1 amide bonds. The Bertz CT molecular complexity index is 732. The number of hydrogen-bond acceptors (Lipinski definition) is 3. The van der Waals surface area contributed by atoms with Crippen molar-refractivity contribution in [2.24, 2.45) is 0 Å². The first-order chi connectivity index (χ1) is 10.6. The highest BCUT2D eigenvalue weighted by Crippen LogP contribution is 2.33. The van der Waals surface area contributed by atoms with Gasteiger partial charge in [-0.05, 0) is 37.5 Å². The number of amides is 1. The maximum Gasteiger partial charge on any atom is 0.336 e. The largest absolute Gasteiger partial charge is 0.478 e. The Balaban J connectivity index is 1.87. The lowest BCUT2D eigenvalue weighted by Crippen LogP contribution is -2.32. The van der Waals surface area contributed by atoms with E-state index in [4.69, 9.17) is 4.42 Å². The van der Waals surface area contributed by atoms with Crippen LogP contribution in [0.15, 0.2) is 34.9 Å². The van der Waals surface area contributed by atoms with Gasteiger partial charge in [0.2, 0.25) is 0 Å². The van der Waals surface area contributed by atoms with Crippen LogP contribution < -0.4 is 5.32 Å². The minimum atomic E-state index is -1.10. The smallest absolute Gasteiger partial charge is 0.336 e. The predicted molar refractivity (Wildman–Crippen MR) is 80.0 cm³/mol. The Morgan fingerprint density at radius 1 is 1.27 bits per heavy atom. The van der Waals surface area contributed by atoms with Crippen LogP contribution in [-0.4, -0.2) is 17.0 Å². The Kier molecular flexibility index (Phi) is 3.71. The van der Waals surface area contributed by atoms with Gasteiger partial charge in [0.25, 0.3) is 5.91 Å². The lowest BCUT2D eigenvalue weighted by molar-refractivity contribution is 0.0690. The molecule has 114 valence electrons. The van der Waals surface area contributed by atoms with E-state index in [1.807, 2.05) is 6.92 Å². The zero-order valence-corrected chi connectivity index (χ0v) is 12.3. The fourth-order valence-electron chi connectivity index (χ4n) is 3.03. The van der Waals surface area contributed by atoms with Crippen LogP contribution in [0.1, 0.15) is 56.5 Å². The summed E-state index contributed by atoms with van der Waals surface area (Å²) in [5.41, 5.74) is 2.25. The molecule has 1 unspecified atom stereocenters. The first-order valence-corrected chi connectivity index (χ1v) is 7.28. The van der Waals surface area contributed by atoms with Crippen molar-refractivity contribution in [2.75, 3.05) is 0 Å². The summed E-state index contributed by atoms with van der Waals surface area (Å²) in [6.07, 6.45) is 4.35. The molecule has 0 bridgehead atoms. The number of furan rings is 1. The van der Waals surface area contributed by atoms with Gasteiger partial charge in [0.05, 0.1) is 23.4 Å². The van der Waals surface area contributed by atoms with Crippen molar-refractivity contribution in [1.82, 2.24) is 5.32 Å². The van der Waals surface area contributed by atoms with E-state index >= 15 is 0 Å². The Hall–Kier alpha value is -2.56. The summed E-state index contributed by atoms with van der Waals surface area (Å²) in [5, 5.41) is 12.1. The third-order valence-corrected chi connectivity index (χ3v) is 4.06. The van der Waals surface area contributed by atoms with Crippen LogP contribution >= 0.6 is 0 Å². The van der Waals surface area contributed by atoms with Crippen molar-refractivity contribution in [3.8, 4) is 0 Å². The first kappa shape index (κ1) is 14.4. The van der Waals surface area contributed by atoms with E-state index in [9.17, 15) is 14.7 Å². The van der Waals surface area contributed by atoms with E-state index in [1.54, 1.807) is 18.4 Å². The van der Waals surface area contributed by atoms with Crippen LogP contribution in [-0.2, 0) is 6.42 Å². The molecule has 1 atom stereocenters. The molecule has 2 aromatic rings. The summed E-state index contributed by atoms with van der Waals surface area (Å²) in [6, 6.07) is 6.12. The average Bonchev–Trinajstić information content (AvgIpc) is 2.90. The number of carboxylic acids is 1. The number of benzene rings is 1. The highest BCUT2D eigenvalue weighted by Gasteiger charge is 2.27. The molecule has 0 saturated carbocycles. The van der Waals surface area contributed by atoms with Crippen LogP contribution in [0.5, 0.6) is 0 Å². The van der Waals surface area contributed by atoms with Crippen LogP contribution in [0.3, 0.4) is 0 Å². The molecule has 1 aliphatic carbocycles. The van der Waals surface area contributed by atoms with Gasteiger partial charge in [-0.15, -0.1) is 0 Å². The van der Waals surface area contributed by atoms with Gasteiger partial charge in [-0.3, -0.25) is 4.79 Å². The SMILES string of the molecule is Cc1coc2c1C(NC(=O)c1ccccc1C(=O)O)CCC2. The molecular weight excluding hydrogens is 282 g/mol. The van der Waals surface area contributed by atoms with E-state index in [0.717, 1.165) is 36.1 Å². The third kappa shape index (κ3) is 2.50. The molecule has 0 saturated heterocycles. The van der Waals surface area contributed by atoms with E-state index in [0.29, 0.717) is 0 Å². The molecule has 0 spiro atoms. The summed E-state index contributed by atoms with van der Waals surface area (Å²) < 4.78 is 5.52. The maximum atomic E-state index is 12.5. The highest BCUT2D eigenvalue weighted by atomic mass is 16.4. The molecule has 5 nitrogen and oxygen atoms in total.